The molecule has 1 heterocycles. The van der Waals surface area contributed by atoms with Crippen LogP contribution in [0.5, 0.6) is 0 Å². The van der Waals surface area contributed by atoms with Crippen LogP contribution in [0.15, 0.2) is 47.6 Å². The van der Waals surface area contributed by atoms with E-state index in [2.05, 4.69) is 10.6 Å². The second-order valence-electron chi connectivity index (χ2n) is 5.72. The summed E-state index contributed by atoms with van der Waals surface area (Å²) in [5.41, 5.74) is 1.30. The molecule has 0 aliphatic carbocycles. The van der Waals surface area contributed by atoms with Gasteiger partial charge in [-0.05, 0) is 38.6 Å². The molecule has 1 aromatic carbocycles. The SMILES string of the molecule is CCN[C@H](C)CNC(=O)c1ccn(S(=O)(=O)c2ccc(C)cc2)c1. The first-order valence-corrected chi connectivity index (χ1v) is 9.30. The van der Waals surface area contributed by atoms with Crippen LogP contribution >= 0.6 is 0 Å². The number of hydrogen-bond acceptors (Lipinski definition) is 4. The molecule has 2 rings (SSSR count). The zero-order chi connectivity index (χ0) is 17.7. The summed E-state index contributed by atoms with van der Waals surface area (Å²) >= 11 is 0. The number of carbonyl (C=O) groups excluding carboxylic acids is 1. The second kappa shape index (κ2) is 7.63. The van der Waals surface area contributed by atoms with E-state index in [1.165, 1.54) is 18.5 Å². The van der Waals surface area contributed by atoms with Gasteiger partial charge < -0.3 is 10.6 Å². The molecule has 0 saturated heterocycles. The molecule has 0 fully saturated rings. The average Bonchev–Trinajstić information content (AvgIpc) is 3.04. The van der Waals surface area contributed by atoms with Crippen molar-refractivity contribution in [2.24, 2.45) is 0 Å². The van der Waals surface area contributed by atoms with Crippen LogP contribution in [-0.2, 0) is 10.0 Å². The Morgan fingerprint density at radius 3 is 2.50 bits per heavy atom. The van der Waals surface area contributed by atoms with Crippen LogP contribution in [0.25, 0.3) is 0 Å². The molecule has 24 heavy (non-hydrogen) atoms. The summed E-state index contributed by atoms with van der Waals surface area (Å²) in [5, 5.41) is 5.98. The Kier molecular flexibility index (Phi) is 5.80. The maximum absolute atomic E-state index is 12.6. The molecule has 0 spiro atoms. The Bertz CT molecular complexity index is 795. The third-order valence-electron chi connectivity index (χ3n) is 3.65. The fourth-order valence-electron chi connectivity index (χ4n) is 2.26. The predicted octanol–water partition coefficient (Wildman–Crippen LogP) is 1.76. The Morgan fingerprint density at radius 2 is 1.88 bits per heavy atom. The maximum Gasteiger partial charge on any atom is 0.267 e. The summed E-state index contributed by atoms with van der Waals surface area (Å²) in [4.78, 5) is 12.3. The Labute approximate surface area is 142 Å². The van der Waals surface area contributed by atoms with Gasteiger partial charge in [-0.2, -0.15) is 0 Å². The van der Waals surface area contributed by atoms with Gasteiger partial charge in [-0.15, -0.1) is 0 Å². The minimum atomic E-state index is -3.68. The molecule has 0 aliphatic heterocycles. The molecule has 0 saturated carbocycles. The number of likely N-dealkylation sites (N-methyl/N-ethyl adjacent to an activating group) is 1. The fourth-order valence-corrected chi connectivity index (χ4v) is 3.46. The van der Waals surface area contributed by atoms with Gasteiger partial charge in [0.2, 0.25) is 0 Å². The second-order valence-corrected chi connectivity index (χ2v) is 7.56. The molecular weight excluding hydrogens is 326 g/mol. The average molecular weight is 349 g/mol. The number of benzene rings is 1. The minimum absolute atomic E-state index is 0.150. The van der Waals surface area contributed by atoms with Crippen LogP contribution in [-0.4, -0.2) is 37.4 Å². The molecule has 130 valence electrons. The predicted molar refractivity (Wildman–Crippen MR) is 93.7 cm³/mol. The topological polar surface area (TPSA) is 80.2 Å². The van der Waals surface area contributed by atoms with Crippen molar-refractivity contribution in [3.63, 3.8) is 0 Å². The highest BCUT2D eigenvalue weighted by Gasteiger charge is 2.18. The van der Waals surface area contributed by atoms with Gasteiger partial charge >= 0.3 is 0 Å². The molecule has 0 bridgehead atoms. The summed E-state index contributed by atoms with van der Waals surface area (Å²) in [6, 6.07) is 8.25. The molecular formula is C17H23N3O3S. The third kappa shape index (κ3) is 4.24. The van der Waals surface area contributed by atoms with Crippen molar-refractivity contribution in [3.8, 4) is 0 Å². The lowest BCUT2D eigenvalue weighted by atomic mass is 10.2. The van der Waals surface area contributed by atoms with Gasteiger partial charge in [0.25, 0.3) is 15.9 Å². The zero-order valence-electron chi connectivity index (χ0n) is 14.1. The van der Waals surface area contributed by atoms with Crippen molar-refractivity contribution in [1.29, 1.82) is 0 Å². The first kappa shape index (κ1) is 18.2. The summed E-state index contributed by atoms with van der Waals surface area (Å²) < 4.78 is 26.2. The van der Waals surface area contributed by atoms with Crippen LogP contribution in [0.1, 0.15) is 29.8 Å². The van der Waals surface area contributed by atoms with Crippen molar-refractivity contribution >= 4 is 15.9 Å². The van der Waals surface area contributed by atoms with Crippen molar-refractivity contribution < 1.29 is 13.2 Å². The molecule has 0 aliphatic rings. The van der Waals surface area contributed by atoms with E-state index < -0.39 is 10.0 Å². The molecule has 1 aromatic heterocycles. The summed E-state index contributed by atoms with van der Waals surface area (Å²) in [6.07, 6.45) is 2.72. The molecule has 7 heteroatoms. The monoisotopic (exact) mass is 349 g/mol. The highest BCUT2D eigenvalue weighted by Crippen LogP contribution is 2.16. The third-order valence-corrected chi connectivity index (χ3v) is 5.30. The van der Waals surface area contributed by atoms with Gasteiger partial charge in [-0.3, -0.25) is 4.79 Å². The molecule has 1 atom stereocenters. The van der Waals surface area contributed by atoms with E-state index in [4.69, 9.17) is 0 Å². The van der Waals surface area contributed by atoms with Crippen LogP contribution in [0.4, 0.5) is 0 Å². The first-order valence-electron chi connectivity index (χ1n) is 7.86. The van der Waals surface area contributed by atoms with Crippen LogP contribution in [0.3, 0.4) is 0 Å². The van der Waals surface area contributed by atoms with Gasteiger partial charge in [-0.25, -0.2) is 12.4 Å². The normalized spacial score (nSPS) is 12.8. The highest BCUT2D eigenvalue weighted by atomic mass is 32.2. The van der Waals surface area contributed by atoms with E-state index in [-0.39, 0.29) is 16.8 Å². The molecule has 0 unspecified atom stereocenters. The van der Waals surface area contributed by atoms with Crippen LogP contribution in [0, 0.1) is 6.92 Å². The van der Waals surface area contributed by atoms with Gasteiger partial charge in [-0.1, -0.05) is 24.6 Å². The lowest BCUT2D eigenvalue weighted by Crippen LogP contribution is -2.38. The maximum atomic E-state index is 12.6. The van der Waals surface area contributed by atoms with E-state index in [1.54, 1.807) is 24.3 Å². The molecule has 6 nitrogen and oxygen atoms in total. The van der Waals surface area contributed by atoms with E-state index in [9.17, 15) is 13.2 Å². The van der Waals surface area contributed by atoms with Gasteiger partial charge in [0.1, 0.15) is 0 Å². The molecule has 0 radical (unpaired) electrons. The number of rotatable bonds is 7. The minimum Gasteiger partial charge on any atom is -0.350 e. The lowest BCUT2D eigenvalue weighted by molar-refractivity contribution is 0.0950. The van der Waals surface area contributed by atoms with Gasteiger partial charge in [0.15, 0.2) is 0 Å². The Balaban J connectivity index is 2.12. The van der Waals surface area contributed by atoms with Crippen molar-refractivity contribution in [2.45, 2.75) is 31.7 Å². The number of carbonyl (C=O) groups is 1. The van der Waals surface area contributed by atoms with E-state index in [0.29, 0.717) is 12.1 Å². The number of hydrogen-bond donors (Lipinski definition) is 2. The number of amides is 1. The first-order chi connectivity index (χ1) is 11.3. The molecule has 2 aromatic rings. The standard InChI is InChI=1S/C17H23N3O3S/c1-4-18-14(3)11-19-17(21)15-9-10-20(12-15)24(22,23)16-7-5-13(2)6-8-16/h5-10,12,14,18H,4,11H2,1-3H3,(H,19,21)/t14-/m1/s1. The highest BCUT2D eigenvalue weighted by molar-refractivity contribution is 7.90. The number of aromatic nitrogens is 1. The van der Waals surface area contributed by atoms with E-state index in [0.717, 1.165) is 16.1 Å². The fraction of sp³-hybridized carbons (Fsp3) is 0.353. The molecule has 2 N–H and O–H groups in total. The lowest BCUT2D eigenvalue weighted by Gasteiger charge is -2.12. The van der Waals surface area contributed by atoms with Crippen molar-refractivity contribution in [2.75, 3.05) is 13.1 Å². The summed E-state index contributed by atoms with van der Waals surface area (Å²) in [5.74, 6) is -0.294. The zero-order valence-corrected chi connectivity index (χ0v) is 14.9. The van der Waals surface area contributed by atoms with Gasteiger partial charge in [0, 0.05) is 25.0 Å². The van der Waals surface area contributed by atoms with E-state index in [1.807, 2.05) is 20.8 Å². The summed E-state index contributed by atoms with van der Waals surface area (Å²) in [6.45, 7) is 7.15. The number of nitrogens with one attached hydrogen (secondary N) is 2. The van der Waals surface area contributed by atoms with Gasteiger partial charge in [0.05, 0.1) is 10.5 Å². The van der Waals surface area contributed by atoms with Crippen molar-refractivity contribution in [1.82, 2.24) is 14.6 Å². The van der Waals surface area contributed by atoms with Crippen molar-refractivity contribution in [3.05, 3.63) is 53.9 Å². The molecule has 1 amide bonds. The number of aryl methyl sites for hydroxylation is 1. The summed E-state index contributed by atoms with van der Waals surface area (Å²) in [7, 11) is -3.68. The Hall–Kier alpha value is -2.12. The largest absolute Gasteiger partial charge is 0.350 e. The van der Waals surface area contributed by atoms with Crippen LogP contribution in [0.2, 0.25) is 0 Å². The smallest absolute Gasteiger partial charge is 0.267 e. The van der Waals surface area contributed by atoms with E-state index >= 15 is 0 Å². The Morgan fingerprint density at radius 1 is 1.21 bits per heavy atom. The quantitative estimate of drug-likeness (QED) is 0.798. The number of nitrogens with zero attached hydrogens (tertiary/aromatic N) is 1. The van der Waals surface area contributed by atoms with Crippen LogP contribution < -0.4 is 10.6 Å².